The molecule has 1 fully saturated rings. The summed E-state index contributed by atoms with van der Waals surface area (Å²) >= 11 is 0. The molecule has 0 unspecified atom stereocenters. The van der Waals surface area contributed by atoms with Crippen molar-refractivity contribution < 1.29 is 0 Å². The number of likely N-dealkylation sites (tertiary alicyclic amines) is 1. The number of hydrogen-bond acceptors (Lipinski definition) is 2. The molecule has 0 aromatic rings. The summed E-state index contributed by atoms with van der Waals surface area (Å²) < 4.78 is 0. The van der Waals surface area contributed by atoms with Gasteiger partial charge in [0, 0.05) is 12.1 Å². The fourth-order valence-corrected chi connectivity index (χ4v) is 1.33. The van der Waals surface area contributed by atoms with Gasteiger partial charge in [0.1, 0.15) is 0 Å². The Hall–Kier alpha value is 0.210. The number of hydrogen-bond donors (Lipinski definition) is 1. The van der Waals surface area contributed by atoms with Gasteiger partial charge < -0.3 is 10.6 Å². The van der Waals surface area contributed by atoms with E-state index in [4.69, 9.17) is 5.73 Å². The molecule has 2 N–H and O–H groups in total. The summed E-state index contributed by atoms with van der Waals surface area (Å²) in [5, 5.41) is 0. The Bertz CT molecular complexity index is 97.6. The molecule has 0 radical (unpaired) electrons. The maximum atomic E-state index is 5.76. The van der Waals surface area contributed by atoms with E-state index in [1.54, 1.807) is 0 Å². The van der Waals surface area contributed by atoms with Crippen LogP contribution >= 0.6 is 12.4 Å². The summed E-state index contributed by atoms with van der Waals surface area (Å²) in [5.74, 6) is 0. The van der Waals surface area contributed by atoms with E-state index in [1.165, 1.54) is 13.0 Å². The Labute approximate surface area is 69.2 Å². The largest absolute Gasteiger partial charge is 0.328 e. The fourth-order valence-electron chi connectivity index (χ4n) is 1.33. The molecule has 3 heteroatoms. The topological polar surface area (TPSA) is 29.3 Å². The van der Waals surface area contributed by atoms with Gasteiger partial charge in [-0.3, -0.25) is 0 Å². The van der Waals surface area contributed by atoms with Crippen LogP contribution in [-0.2, 0) is 0 Å². The summed E-state index contributed by atoms with van der Waals surface area (Å²) in [7, 11) is 2.16. The molecule has 0 amide bonds. The van der Waals surface area contributed by atoms with Gasteiger partial charge >= 0.3 is 0 Å². The van der Waals surface area contributed by atoms with Crippen LogP contribution in [-0.4, -0.2) is 30.6 Å². The Morgan fingerprint density at radius 3 is 2.50 bits per heavy atom. The average molecular weight is 165 g/mol. The third kappa shape index (κ3) is 2.45. The van der Waals surface area contributed by atoms with Gasteiger partial charge in [0.2, 0.25) is 0 Å². The minimum absolute atomic E-state index is 0. The van der Waals surface area contributed by atoms with Crippen LogP contribution in [0.2, 0.25) is 0 Å². The highest BCUT2D eigenvalue weighted by Crippen LogP contribution is 2.12. The predicted molar refractivity (Wildman–Crippen MR) is 46.5 cm³/mol. The lowest BCUT2D eigenvalue weighted by Crippen LogP contribution is -2.43. The van der Waals surface area contributed by atoms with Crippen molar-refractivity contribution in [1.29, 1.82) is 0 Å². The molecule has 1 aliphatic heterocycles. The average Bonchev–Trinajstić information content (AvgIpc) is 1.80. The molecule has 2 nitrogen and oxygen atoms in total. The van der Waals surface area contributed by atoms with Crippen LogP contribution in [0.4, 0.5) is 0 Å². The number of rotatable bonds is 0. The first kappa shape index (κ1) is 10.2. The normalized spacial score (nSPS) is 35.1. The van der Waals surface area contributed by atoms with Crippen molar-refractivity contribution in [3.63, 3.8) is 0 Å². The number of halogens is 1. The molecule has 62 valence electrons. The smallest absolute Gasteiger partial charge is 0.00786 e. The van der Waals surface area contributed by atoms with E-state index in [1.807, 2.05) is 0 Å². The van der Waals surface area contributed by atoms with Crippen molar-refractivity contribution in [1.82, 2.24) is 4.90 Å². The molecule has 1 saturated heterocycles. The molecule has 0 saturated carbocycles. The first-order chi connectivity index (χ1) is 4.20. The van der Waals surface area contributed by atoms with E-state index in [0.29, 0.717) is 12.1 Å². The third-order valence-corrected chi connectivity index (χ3v) is 2.25. The zero-order valence-electron chi connectivity index (χ0n) is 6.71. The number of nitrogens with two attached hydrogens (primary N) is 1. The molecule has 10 heavy (non-hydrogen) atoms. The fraction of sp³-hybridized carbons (Fsp3) is 1.00. The van der Waals surface area contributed by atoms with Crippen LogP contribution < -0.4 is 5.73 Å². The van der Waals surface area contributed by atoms with Crippen molar-refractivity contribution in [3.8, 4) is 0 Å². The lowest BCUT2D eigenvalue weighted by Gasteiger charge is -2.33. The van der Waals surface area contributed by atoms with Crippen molar-refractivity contribution in [3.05, 3.63) is 0 Å². The van der Waals surface area contributed by atoms with Crippen LogP contribution in [0.5, 0.6) is 0 Å². The Balaban J connectivity index is 0.000000810. The van der Waals surface area contributed by atoms with Crippen molar-refractivity contribution in [2.75, 3.05) is 13.6 Å². The monoisotopic (exact) mass is 164 g/mol. The highest BCUT2D eigenvalue weighted by molar-refractivity contribution is 5.85. The van der Waals surface area contributed by atoms with E-state index in [2.05, 4.69) is 18.9 Å². The van der Waals surface area contributed by atoms with Crippen molar-refractivity contribution in [2.45, 2.75) is 31.8 Å². The molecule has 1 rings (SSSR count). The number of piperidine rings is 1. The zero-order chi connectivity index (χ0) is 6.85. The zero-order valence-corrected chi connectivity index (χ0v) is 7.53. The van der Waals surface area contributed by atoms with Gasteiger partial charge in [-0.1, -0.05) is 0 Å². The van der Waals surface area contributed by atoms with E-state index < -0.39 is 0 Å². The van der Waals surface area contributed by atoms with Gasteiger partial charge in [0.05, 0.1) is 0 Å². The van der Waals surface area contributed by atoms with Gasteiger partial charge in [0.25, 0.3) is 0 Å². The van der Waals surface area contributed by atoms with Crippen molar-refractivity contribution in [2.24, 2.45) is 5.73 Å². The standard InChI is InChI=1S/C7H16N2.ClH/c1-6-5-7(8)3-4-9(6)2;/h6-7H,3-5,8H2,1-2H3;1H/t6-,7+;/m1./s1. The molecular formula is C7H17ClN2. The number of nitrogens with zero attached hydrogens (tertiary/aromatic N) is 1. The lowest BCUT2D eigenvalue weighted by atomic mass is 10.0. The van der Waals surface area contributed by atoms with Crippen LogP contribution in [0.15, 0.2) is 0 Å². The maximum absolute atomic E-state index is 5.76. The maximum Gasteiger partial charge on any atom is 0.00786 e. The molecule has 0 bridgehead atoms. The molecule has 2 atom stereocenters. The summed E-state index contributed by atoms with van der Waals surface area (Å²) in [6.45, 7) is 3.40. The van der Waals surface area contributed by atoms with Gasteiger partial charge in [-0.15, -0.1) is 12.4 Å². The van der Waals surface area contributed by atoms with E-state index in [-0.39, 0.29) is 12.4 Å². The first-order valence-electron chi connectivity index (χ1n) is 3.66. The molecule has 1 heterocycles. The van der Waals surface area contributed by atoms with Gasteiger partial charge in [-0.2, -0.15) is 0 Å². The minimum atomic E-state index is 0. The molecule has 1 aliphatic rings. The second kappa shape index (κ2) is 4.16. The molecule has 0 spiro atoms. The van der Waals surface area contributed by atoms with Crippen LogP contribution in [0.3, 0.4) is 0 Å². The van der Waals surface area contributed by atoms with Crippen LogP contribution in [0.25, 0.3) is 0 Å². The second-order valence-electron chi connectivity index (χ2n) is 3.11. The molecule has 0 aromatic carbocycles. The predicted octanol–water partition coefficient (Wildman–Crippen LogP) is 0.850. The Kier molecular flexibility index (Phi) is 4.25. The summed E-state index contributed by atoms with van der Waals surface area (Å²) in [6, 6.07) is 1.14. The van der Waals surface area contributed by atoms with Crippen LogP contribution in [0.1, 0.15) is 19.8 Å². The quantitative estimate of drug-likeness (QED) is 0.575. The summed E-state index contributed by atoms with van der Waals surface area (Å²) in [5.41, 5.74) is 5.76. The van der Waals surface area contributed by atoms with E-state index in [9.17, 15) is 0 Å². The second-order valence-corrected chi connectivity index (χ2v) is 3.11. The molecule has 0 aromatic heterocycles. The van der Waals surface area contributed by atoms with Gasteiger partial charge in [-0.05, 0) is 33.4 Å². The minimum Gasteiger partial charge on any atom is -0.328 e. The summed E-state index contributed by atoms with van der Waals surface area (Å²) in [4.78, 5) is 2.36. The highest BCUT2D eigenvalue weighted by atomic mass is 35.5. The van der Waals surface area contributed by atoms with Gasteiger partial charge in [-0.25, -0.2) is 0 Å². The molecule has 0 aliphatic carbocycles. The first-order valence-corrected chi connectivity index (χ1v) is 3.66. The Morgan fingerprint density at radius 1 is 1.50 bits per heavy atom. The third-order valence-electron chi connectivity index (χ3n) is 2.25. The lowest BCUT2D eigenvalue weighted by molar-refractivity contribution is 0.184. The Morgan fingerprint density at radius 2 is 2.10 bits per heavy atom. The van der Waals surface area contributed by atoms with E-state index in [0.717, 1.165) is 6.42 Å². The van der Waals surface area contributed by atoms with Crippen LogP contribution in [0, 0.1) is 0 Å². The van der Waals surface area contributed by atoms with Crippen molar-refractivity contribution >= 4 is 12.4 Å². The SMILES string of the molecule is C[C@@H]1C[C@@H](N)CCN1C.Cl. The van der Waals surface area contributed by atoms with Gasteiger partial charge in [0.15, 0.2) is 0 Å². The highest BCUT2D eigenvalue weighted by Gasteiger charge is 2.18. The summed E-state index contributed by atoms with van der Waals surface area (Å²) in [6.07, 6.45) is 2.33. The molecular weight excluding hydrogens is 148 g/mol. The van der Waals surface area contributed by atoms with E-state index >= 15 is 0 Å².